The minimum atomic E-state index is -1.57. The van der Waals surface area contributed by atoms with Gasteiger partial charge in [0.15, 0.2) is 12.6 Å². The summed E-state index contributed by atoms with van der Waals surface area (Å²) in [5.74, 6) is -0.569. The number of rotatable bonds is 17. The lowest BCUT2D eigenvalue weighted by Crippen LogP contribution is -2.59. The molecule has 18 nitrogen and oxygen atoms in total. The third-order valence-corrected chi connectivity index (χ3v) is 8.79. The largest absolute Gasteiger partial charge is 0.394 e. The van der Waals surface area contributed by atoms with Crippen molar-refractivity contribution in [2.24, 2.45) is 11.5 Å². The molecule has 2 rings (SSSR count). The van der Waals surface area contributed by atoms with Crippen molar-refractivity contribution in [3.8, 4) is 0 Å². The monoisotopic (exact) mass is 650 g/mol. The van der Waals surface area contributed by atoms with E-state index in [4.69, 9.17) is 30.4 Å². The number of nitrogens with one attached hydrogen (secondary N) is 2. The maximum Gasteiger partial charge on any atom is 0.237 e. The number of carbonyl (C=O) groups is 2. The van der Waals surface area contributed by atoms with Crippen LogP contribution in [0.15, 0.2) is 0 Å². The summed E-state index contributed by atoms with van der Waals surface area (Å²) >= 11 is 0. The first-order valence-corrected chi connectivity index (χ1v) is 15.6. The Balaban J connectivity index is 1.54. The SMILES string of the molecule is N[C@@H](CSSC[C@H](N)C(=O)NCCO[C@H]1OC(CO)[C@@H](O)C(O)C1O)C(=O)NCCO[C@H]1OC(CO)[C@@H](O)C(O)C1O. The van der Waals surface area contributed by atoms with E-state index in [0.29, 0.717) is 0 Å². The van der Waals surface area contributed by atoms with Crippen LogP contribution in [0.1, 0.15) is 0 Å². The van der Waals surface area contributed by atoms with Gasteiger partial charge >= 0.3 is 0 Å². The normalized spacial score (nSPS) is 34.9. The van der Waals surface area contributed by atoms with Crippen LogP contribution < -0.4 is 22.1 Å². The van der Waals surface area contributed by atoms with E-state index in [1.165, 1.54) is 21.6 Å². The second kappa shape index (κ2) is 18.8. The average Bonchev–Trinajstić information content (AvgIpc) is 2.98. The molecule has 0 aromatic rings. The van der Waals surface area contributed by atoms with Gasteiger partial charge in [-0.25, -0.2) is 0 Å². The molecule has 2 aliphatic heterocycles. The topological polar surface area (TPSA) is 309 Å². The molecular weight excluding hydrogens is 608 g/mol. The van der Waals surface area contributed by atoms with Crippen molar-refractivity contribution in [1.29, 1.82) is 0 Å². The predicted octanol–water partition coefficient (Wildman–Crippen LogP) is -7.11. The molecule has 0 spiro atoms. The molecule has 246 valence electrons. The molecule has 14 N–H and O–H groups in total. The number of nitrogens with two attached hydrogens (primary N) is 2. The van der Waals surface area contributed by atoms with Gasteiger partial charge in [-0.1, -0.05) is 21.6 Å². The highest BCUT2D eigenvalue weighted by Gasteiger charge is 2.45. The zero-order valence-corrected chi connectivity index (χ0v) is 24.2. The molecule has 2 saturated heterocycles. The van der Waals surface area contributed by atoms with Gasteiger partial charge in [0.25, 0.3) is 0 Å². The summed E-state index contributed by atoms with van der Waals surface area (Å²) < 4.78 is 21.0. The van der Waals surface area contributed by atoms with E-state index in [1.807, 2.05) is 0 Å². The third-order valence-electron chi connectivity index (χ3n) is 6.32. The Morgan fingerprint density at radius 2 is 1.02 bits per heavy atom. The lowest BCUT2D eigenvalue weighted by atomic mass is 9.99. The quantitative estimate of drug-likeness (QED) is 0.0514. The number of hydrogen-bond donors (Lipinski definition) is 12. The third kappa shape index (κ3) is 10.9. The Morgan fingerprint density at radius 3 is 1.36 bits per heavy atom. The summed E-state index contributed by atoms with van der Waals surface area (Å²) in [5, 5.41) is 82.3. The van der Waals surface area contributed by atoms with Gasteiger partial charge in [0.05, 0.1) is 38.5 Å². The second-order valence-corrected chi connectivity index (χ2v) is 12.1. The number of ether oxygens (including phenoxy) is 4. The average molecular weight is 651 g/mol. The Morgan fingerprint density at radius 1 is 0.667 bits per heavy atom. The molecule has 0 bridgehead atoms. The van der Waals surface area contributed by atoms with Crippen molar-refractivity contribution in [3.05, 3.63) is 0 Å². The Labute approximate surface area is 249 Å². The molecule has 2 fully saturated rings. The first kappa shape index (κ1) is 37.3. The molecule has 20 heteroatoms. The lowest BCUT2D eigenvalue weighted by Gasteiger charge is -2.39. The van der Waals surface area contributed by atoms with E-state index in [9.17, 15) is 50.4 Å². The number of aliphatic hydroxyl groups excluding tert-OH is 8. The van der Waals surface area contributed by atoms with E-state index < -0.39 is 98.5 Å². The molecule has 0 saturated carbocycles. The number of aliphatic hydroxyl groups is 8. The highest BCUT2D eigenvalue weighted by molar-refractivity contribution is 8.76. The van der Waals surface area contributed by atoms with Crippen molar-refractivity contribution in [2.45, 2.75) is 73.5 Å². The van der Waals surface area contributed by atoms with Crippen LogP contribution in [-0.2, 0) is 28.5 Å². The van der Waals surface area contributed by atoms with Crippen LogP contribution in [0.4, 0.5) is 0 Å². The predicted molar refractivity (Wildman–Crippen MR) is 146 cm³/mol. The number of carbonyl (C=O) groups excluding carboxylic acids is 2. The molecule has 2 heterocycles. The Kier molecular flexibility index (Phi) is 16.7. The molecule has 12 atom stereocenters. The van der Waals surface area contributed by atoms with Crippen molar-refractivity contribution >= 4 is 33.4 Å². The van der Waals surface area contributed by atoms with E-state index in [1.54, 1.807) is 0 Å². The molecule has 0 aliphatic carbocycles. The van der Waals surface area contributed by atoms with E-state index in [0.717, 1.165) is 0 Å². The number of amides is 2. The van der Waals surface area contributed by atoms with Crippen molar-refractivity contribution in [2.75, 3.05) is 51.0 Å². The fourth-order valence-electron chi connectivity index (χ4n) is 3.77. The minimum Gasteiger partial charge on any atom is -0.394 e. The Hall–Kier alpha value is -0.920. The first-order valence-electron chi connectivity index (χ1n) is 13.1. The van der Waals surface area contributed by atoms with Crippen molar-refractivity contribution in [3.63, 3.8) is 0 Å². The zero-order valence-electron chi connectivity index (χ0n) is 22.6. The van der Waals surface area contributed by atoms with Crippen LogP contribution >= 0.6 is 21.6 Å². The maximum atomic E-state index is 12.2. The molecule has 0 radical (unpaired) electrons. The van der Waals surface area contributed by atoms with Crippen LogP contribution in [0.3, 0.4) is 0 Å². The maximum absolute atomic E-state index is 12.2. The molecule has 0 aromatic carbocycles. The molecule has 6 unspecified atom stereocenters. The van der Waals surface area contributed by atoms with Gasteiger partial charge in [-0.3, -0.25) is 9.59 Å². The molecule has 0 aromatic heterocycles. The van der Waals surface area contributed by atoms with Crippen LogP contribution in [0, 0.1) is 0 Å². The zero-order chi connectivity index (χ0) is 31.4. The smallest absolute Gasteiger partial charge is 0.237 e. The molecular formula is C22H42N4O14S2. The van der Waals surface area contributed by atoms with Gasteiger partial charge in [0.2, 0.25) is 11.8 Å². The van der Waals surface area contributed by atoms with Crippen molar-refractivity contribution < 1.29 is 69.4 Å². The highest BCUT2D eigenvalue weighted by Crippen LogP contribution is 2.24. The second-order valence-electron chi connectivity index (χ2n) is 9.50. The molecule has 42 heavy (non-hydrogen) atoms. The van der Waals surface area contributed by atoms with Crippen LogP contribution in [-0.4, -0.2) is 177 Å². The summed E-state index contributed by atoms with van der Waals surface area (Å²) in [7, 11) is 2.46. The van der Waals surface area contributed by atoms with Crippen molar-refractivity contribution in [1.82, 2.24) is 10.6 Å². The summed E-state index contributed by atoms with van der Waals surface area (Å²) in [6, 6.07) is -1.78. The van der Waals surface area contributed by atoms with E-state index >= 15 is 0 Å². The molecule has 2 amide bonds. The summed E-state index contributed by atoms with van der Waals surface area (Å²) in [6.45, 7) is -1.40. The van der Waals surface area contributed by atoms with Gasteiger partial charge < -0.3 is 81.9 Å². The Bertz CT molecular complexity index is 757. The standard InChI is InChI=1S/C22H42N4O14S2/c23-9(19(35)25-1-3-37-21-17(33)15(31)13(29)11(5-27)39-21)7-41-42-8-10(24)20(36)26-2-4-38-22-18(34)16(32)14(30)12(6-28)40-22/h9-18,21-22,27-34H,1-8,23-24H2,(H,25,35)(H,26,36)/t9-,10-,11?,12?,13+,14+,15?,16?,17?,18?,21-,22-/m0/s1. The first-order chi connectivity index (χ1) is 19.9. The summed E-state index contributed by atoms with van der Waals surface area (Å²) in [5.41, 5.74) is 11.7. The minimum absolute atomic E-state index is 0.00447. The van der Waals surface area contributed by atoms with Crippen LogP contribution in [0.2, 0.25) is 0 Å². The van der Waals surface area contributed by atoms with Crippen LogP contribution in [0.5, 0.6) is 0 Å². The van der Waals surface area contributed by atoms with Crippen LogP contribution in [0.25, 0.3) is 0 Å². The van der Waals surface area contributed by atoms with Gasteiger partial charge in [0.1, 0.15) is 48.8 Å². The van der Waals surface area contributed by atoms with Gasteiger partial charge in [-0.2, -0.15) is 0 Å². The fraction of sp³-hybridized carbons (Fsp3) is 0.909. The summed E-state index contributed by atoms with van der Waals surface area (Å²) in [4.78, 5) is 24.3. The van der Waals surface area contributed by atoms with Gasteiger partial charge in [0, 0.05) is 24.6 Å². The van der Waals surface area contributed by atoms with Gasteiger partial charge in [-0.05, 0) is 0 Å². The highest BCUT2D eigenvalue weighted by atomic mass is 33.1. The summed E-state index contributed by atoms with van der Waals surface area (Å²) in [6.07, 6.45) is -14.1. The molecule has 2 aliphatic rings. The number of hydrogen-bond acceptors (Lipinski definition) is 18. The van der Waals surface area contributed by atoms with E-state index in [-0.39, 0.29) is 37.8 Å². The fourth-order valence-corrected chi connectivity index (χ4v) is 6.01. The van der Waals surface area contributed by atoms with E-state index in [2.05, 4.69) is 10.6 Å². The van der Waals surface area contributed by atoms with Gasteiger partial charge in [-0.15, -0.1) is 0 Å². The lowest BCUT2D eigenvalue weighted by molar-refractivity contribution is -0.300.